The summed E-state index contributed by atoms with van der Waals surface area (Å²) in [6.07, 6.45) is 1.60. The van der Waals surface area contributed by atoms with E-state index in [4.69, 9.17) is 16.3 Å². The first-order valence-electron chi connectivity index (χ1n) is 10.3. The van der Waals surface area contributed by atoms with Gasteiger partial charge in [0.2, 0.25) is 5.91 Å². The minimum Gasteiger partial charge on any atom is -0.543 e. The van der Waals surface area contributed by atoms with Crippen LogP contribution in [0.5, 0.6) is 0 Å². The Bertz CT molecular complexity index is 1240. The maximum absolute atomic E-state index is 12.8. The Hall–Kier alpha value is -2.31. The number of rotatable bonds is 7. The zero-order chi connectivity index (χ0) is 24.6. The molecule has 0 spiro atoms. The summed E-state index contributed by atoms with van der Waals surface area (Å²) in [6, 6.07) is 5.38. The van der Waals surface area contributed by atoms with Gasteiger partial charge in [-0.3, -0.25) is 24.3 Å². The molecule has 0 saturated carbocycles. The van der Waals surface area contributed by atoms with Crippen molar-refractivity contribution in [2.24, 2.45) is 0 Å². The fraction of sp³-hybridized carbons (Fsp3) is 0.318. The van der Waals surface area contributed by atoms with Gasteiger partial charge in [-0.15, -0.1) is 11.8 Å². The summed E-state index contributed by atoms with van der Waals surface area (Å²) in [5.41, 5.74) is 1.30. The molecule has 35 heavy (non-hydrogen) atoms. The molecule has 10 nitrogen and oxygen atoms in total. The van der Waals surface area contributed by atoms with E-state index < -0.39 is 41.2 Å². The van der Waals surface area contributed by atoms with Crippen LogP contribution in [0.25, 0.3) is 10.9 Å². The number of carbonyl (C=O) groups excluding carboxylic acids is 4. The Morgan fingerprint density at radius 3 is 2.77 bits per heavy atom. The Morgan fingerprint density at radius 1 is 1.34 bits per heavy atom. The number of halogens is 1. The number of esters is 1. The molecule has 3 heterocycles. The van der Waals surface area contributed by atoms with E-state index in [1.165, 1.54) is 18.7 Å². The molecular formula is C22H20ClN4NaO6S. The van der Waals surface area contributed by atoms with Crippen LogP contribution in [0.4, 0.5) is 5.69 Å². The number of carboxylic acids is 1. The molecule has 2 aliphatic heterocycles. The molecule has 1 saturated heterocycles. The van der Waals surface area contributed by atoms with Crippen molar-refractivity contribution in [3.8, 4) is 0 Å². The number of hydrogen-bond donors (Lipinski definition) is 2. The third-order valence-electron chi connectivity index (χ3n) is 5.46. The molecule has 1 fully saturated rings. The maximum atomic E-state index is 12.8. The van der Waals surface area contributed by atoms with Gasteiger partial charge in [-0.1, -0.05) is 11.6 Å². The van der Waals surface area contributed by atoms with Crippen molar-refractivity contribution in [1.82, 2.24) is 15.2 Å². The Kier molecular flexibility index (Phi) is 8.71. The zero-order valence-corrected chi connectivity index (χ0v) is 22.7. The van der Waals surface area contributed by atoms with Crippen LogP contribution in [-0.2, 0) is 23.9 Å². The van der Waals surface area contributed by atoms with E-state index in [0.29, 0.717) is 16.2 Å². The number of aromatic nitrogens is 1. The van der Waals surface area contributed by atoms with Crippen molar-refractivity contribution < 1.29 is 58.6 Å². The number of β-lactam (4-membered cyclic amide) rings is 1. The van der Waals surface area contributed by atoms with E-state index in [1.807, 2.05) is 0 Å². The second kappa shape index (κ2) is 11.2. The number of fused-ring (bicyclic) bond motifs is 2. The second-order valence-electron chi connectivity index (χ2n) is 7.80. The summed E-state index contributed by atoms with van der Waals surface area (Å²) < 4.78 is 4.89. The minimum absolute atomic E-state index is 0. The number of hydrogen-bond acceptors (Lipinski definition) is 9. The topological polar surface area (TPSA) is 141 Å². The predicted octanol–water partition coefficient (Wildman–Crippen LogP) is -2.34. The Morgan fingerprint density at radius 2 is 2.09 bits per heavy atom. The van der Waals surface area contributed by atoms with E-state index in [2.05, 4.69) is 15.6 Å². The number of nitrogens with zero attached hydrogens (tertiary/aromatic N) is 2. The first kappa shape index (κ1) is 27.3. The van der Waals surface area contributed by atoms with Gasteiger partial charge in [-0.2, -0.15) is 0 Å². The minimum atomic E-state index is -1.54. The Labute approximate surface area is 232 Å². The number of aliphatic carboxylic acids is 1. The molecule has 2 N–H and O–H groups in total. The van der Waals surface area contributed by atoms with Gasteiger partial charge in [-0.25, -0.2) is 0 Å². The van der Waals surface area contributed by atoms with Crippen LogP contribution in [0.1, 0.15) is 13.8 Å². The third kappa shape index (κ3) is 5.59. The summed E-state index contributed by atoms with van der Waals surface area (Å²) >= 11 is 7.29. The average Bonchev–Trinajstić information content (AvgIpc) is 2.79. The Balaban J connectivity index is 0.00000342. The van der Waals surface area contributed by atoms with Crippen LogP contribution in [0, 0.1) is 0 Å². The molecule has 2 amide bonds. The van der Waals surface area contributed by atoms with Crippen molar-refractivity contribution in [3.05, 3.63) is 46.8 Å². The van der Waals surface area contributed by atoms with E-state index in [0.717, 1.165) is 10.3 Å². The molecule has 1 aromatic heterocycles. The van der Waals surface area contributed by atoms with Crippen LogP contribution in [0.2, 0.25) is 5.02 Å². The zero-order valence-electron chi connectivity index (χ0n) is 19.2. The van der Waals surface area contributed by atoms with Crippen molar-refractivity contribution in [2.45, 2.75) is 31.3 Å². The largest absolute Gasteiger partial charge is 1.00 e. The smallest absolute Gasteiger partial charge is 0.543 e. The average molecular weight is 527 g/mol. The summed E-state index contributed by atoms with van der Waals surface area (Å²) in [5, 5.41) is 18.2. The third-order valence-corrected chi connectivity index (χ3v) is 7.03. The quantitative estimate of drug-likeness (QED) is 0.231. The van der Waals surface area contributed by atoms with E-state index >= 15 is 0 Å². The number of ether oxygens (including phenoxy) is 1. The molecule has 0 aliphatic carbocycles. The molecule has 13 heteroatoms. The molecule has 4 rings (SSSR count). The molecule has 3 atom stereocenters. The van der Waals surface area contributed by atoms with Crippen LogP contribution in [-0.4, -0.2) is 63.5 Å². The summed E-state index contributed by atoms with van der Waals surface area (Å²) in [6.45, 7) is 2.61. The van der Waals surface area contributed by atoms with Gasteiger partial charge in [0.25, 0.3) is 5.91 Å². The van der Waals surface area contributed by atoms with Crippen LogP contribution in [0.15, 0.2) is 41.7 Å². The predicted molar refractivity (Wildman–Crippen MR) is 124 cm³/mol. The fourth-order valence-corrected chi connectivity index (χ4v) is 5.29. The van der Waals surface area contributed by atoms with Gasteiger partial charge < -0.3 is 25.3 Å². The fourth-order valence-electron chi connectivity index (χ4n) is 3.80. The molecular weight excluding hydrogens is 507 g/mol. The number of nitrogens with one attached hydrogen (secondary N) is 2. The number of amides is 2. The summed E-state index contributed by atoms with van der Waals surface area (Å²) in [5.74, 6) is -2.88. The van der Waals surface area contributed by atoms with E-state index in [-0.39, 0.29) is 53.2 Å². The summed E-state index contributed by atoms with van der Waals surface area (Å²) in [7, 11) is 0. The number of pyridine rings is 1. The molecule has 0 radical (unpaired) electrons. The standard InChI is InChI=1S/C22H21ClN4O6S.Na/c1-10(25-15-5-6-24-16-7-13(23)3-4-14(15)16)19(29)26-17-20(30)27-18(22(31)32)12(8-33-11(2)28)9-34-21(17)27;/h3-7,10,17,21H,8-9H2,1-2H3,(H,24,25)(H,26,29)(H,31,32);/q;+1/p-1/t10?,17-,21-;/m1./s1. The number of thioether (sulfide) groups is 1. The molecule has 1 aromatic carbocycles. The molecule has 1 unspecified atom stereocenters. The van der Waals surface area contributed by atoms with Crippen LogP contribution < -0.4 is 45.3 Å². The van der Waals surface area contributed by atoms with Gasteiger partial charge in [0, 0.05) is 40.5 Å². The van der Waals surface area contributed by atoms with Gasteiger partial charge >= 0.3 is 35.5 Å². The number of anilines is 1. The van der Waals surface area contributed by atoms with Crippen LogP contribution >= 0.6 is 23.4 Å². The van der Waals surface area contributed by atoms with E-state index in [1.54, 1.807) is 37.4 Å². The van der Waals surface area contributed by atoms with Crippen molar-refractivity contribution in [1.29, 1.82) is 0 Å². The maximum Gasteiger partial charge on any atom is 1.00 e. The van der Waals surface area contributed by atoms with Gasteiger partial charge in [0.15, 0.2) is 0 Å². The van der Waals surface area contributed by atoms with Crippen molar-refractivity contribution in [2.75, 3.05) is 17.7 Å². The first-order valence-corrected chi connectivity index (χ1v) is 11.7. The molecule has 0 bridgehead atoms. The monoisotopic (exact) mass is 526 g/mol. The van der Waals surface area contributed by atoms with Gasteiger partial charge in [-0.05, 0) is 31.2 Å². The first-order chi connectivity index (χ1) is 16.2. The number of carboxylic acid groups (broad SMARTS) is 1. The summed E-state index contributed by atoms with van der Waals surface area (Å²) in [4.78, 5) is 53.7. The van der Waals surface area contributed by atoms with Crippen molar-refractivity contribution in [3.63, 3.8) is 0 Å². The van der Waals surface area contributed by atoms with E-state index in [9.17, 15) is 24.3 Å². The van der Waals surface area contributed by atoms with Gasteiger partial charge in [0.05, 0.1) is 17.2 Å². The number of carbonyl (C=O) groups is 4. The number of benzene rings is 1. The van der Waals surface area contributed by atoms with Gasteiger partial charge in [0.1, 0.15) is 24.1 Å². The normalized spacial score (nSPS) is 19.7. The molecule has 178 valence electrons. The molecule has 2 aliphatic rings. The molecule has 2 aromatic rings. The van der Waals surface area contributed by atoms with Crippen molar-refractivity contribution >= 4 is 63.7 Å². The SMILES string of the molecule is CC(=O)OCC1=C(C(=O)[O-])N2C(=O)[C@@H](NC(=O)C(C)Nc3ccnc4cc(Cl)ccc34)[C@H]2SC1.[Na+]. The van der Waals surface area contributed by atoms with Crippen LogP contribution in [0.3, 0.4) is 0 Å². The second-order valence-corrected chi connectivity index (χ2v) is 9.34.